The molecule has 0 unspecified atom stereocenters. The van der Waals surface area contributed by atoms with Gasteiger partial charge in [0.1, 0.15) is 17.4 Å². The molecule has 6 N–H and O–H groups in total. The van der Waals surface area contributed by atoms with Gasteiger partial charge < -0.3 is 31.3 Å². The number of nitrogens with two attached hydrogens (primary N) is 1. The van der Waals surface area contributed by atoms with Crippen molar-refractivity contribution in [1.29, 1.82) is 5.41 Å². The maximum absolute atomic E-state index is 13.2. The fraction of sp³-hybridized carbons (Fsp3) is 0.286. The topological polar surface area (TPSA) is 145 Å². The number of halogens is 1. The molecule has 3 aromatic rings. The van der Waals surface area contributed by atoms with Gasteiger partial charge in [0.15, 0.2) is 6.61 Å². The van der Waals surface area contributed by atoms with Crippen LogP contribution in [-0.4, -0.2) is 61.3 Å². The minimum Gasteiger partial charge on any atom is -0.484 e. The molecular formula is C28H34ClN7O3. The van der Waals surface area contributed by atoms with E-state index in [1.54, 1.807) is 35.2 Å². The number of nitrogens with zero attached hydrogens (tertiary/aromatic N) is 2. The molecule has 0 aliphatic rings. The molecule has 1 heterocycles. The van der Waals surface area contributed by atoms with Gasteiger partial charge in [0, 0.05) is 38.1 Å². The number of aromatic nitrogens is 1. The van der Waals surface area contributed by atoms with Crippen molar-refractivity contribution in [2.45, 2.75) is 19.3 Å². The predicted octanol–water partition coefficient (Wildman–Crippen LogP) is 4.24. The van der Waals surface area contributed by atoms with Crippen LogP contribution in [0.3, 0.4) is 0 Å². The van der Waals surface area contributed by atoms with Gasteiger partial charge in [-0.2, -0.15) is 0 Å². The summed E-state index contributed by atoms with van der Waals surface area (Å²) >= 11 is 5.91. The van der Waals surface area contributed by atoms with E-state index in [0.29, 0.717) is 41.2 Å². The number of carbonyl (C=O) groups is 2. The number of anilines is 3. The van der Waals surface area contributed by atoms with Crippen LogP contribution in [0.5, 0.6) is 5.75 Å². The number of hydrogen-bond acceptors (Lipinski definition) is 7. The van der Waals surface area contributed by atoms with E-state index < -0.39 is 5.91 Å². The summed E-state index contributed by atoms with van der Waals surface area (Å²) in [5, 5.41) is 17.4. The van der Waals surface area contributed by atoms with Gasteiger partial charge in [-0.05, 0) is 74.0 Å². The summed E-state index contributed by atoms with van der Waals surface area (Å²) in [5.41, 5.74) is 7.79. The highest BCUT2D eigenvalue weighted by molar-refractivity contribution is 6.30. The molecule has 1 aromatic heterocycles. The second-order valence-electron chi connectivity index (χ2n) is 8.96. The Hall–Kier alpha value is -4.15. The van der Waals surface area contributed by atoms with Gasteiger partial charge in [-0.1, -0.05) is 18.0 Å². The maximum Gasteiger partial charge on any atom is 0.259 e. The second kappa shape index (κ2) is 14.7. The Morgan fingerprint density at radius 1 is 1.05 bits per heavy atom. The van der Waals surface area contributed by atoms with Gasteiger partial charge in [-0.15, -0.1) is 0 Å². The lowest BCUT2D eigenvalue weighted by atomic mass is 10.1. The average molecular weight is 552 g/mol. The Labute approximate surface area is 233 Å². The molecule has 0 atom stereocenters. The molecule has 0 fully saturated rings. The first-order valence-electron chi connectivity index (χ1n) is 12.6. The zero-order valence-electron chi connectivity index (χ0n) is 22.1. The normalized spacial score (nSPS) is 10.5. The van der Waals surface area contributed by atoms with E-state index in [0.717, 1.165) is 30.5 Å². The van der Waals surface area contributed by atoms with Crippen LogP contribution in [0.2, 0.25) is 5.02 Å². The quantitative estimate of drug-likeness (QED) is 0.121. The number of nitrogens with one attached hydrogen (secondary N) is 4. The van der Waals surface area contributed by atoms with Crippen molar-refractivity contribution in [2.24, 2.45) is 5.73 Å². The molecule has 0 saturated carbocycles. The van der Waals surface area contributed by atoms with Gasteiger partial charge in [-0.25, -0.2) is 4.98 Å². The number of amidine groups is 1. The van der Waals surface area contributed by atoms with Gasteiger partial charge in [0.2, 0.25) is 0 Å². The van der Waals surface area contributed by atoms with Crippen LogP contribution in [-0.2, 0) is 4.79 Å². The third kappa shape index (κ3) is 9.27. The van der Waals surface area contributed by atoms with E-state index in [9.17, 15) is 9.59 Å². The zero-order chi connectivity index (χ0) is 28.2. The van der Waals surface area contributed by atoms with Crippen LogP contribution in [0.25, 0.3) is 0 Å². The van der Waals surface area contributed by atoms with E-state index in [1.807, 2.05) is 38.4 Å². The summed E-state index contributed by atoms with van der Waals surface area (Å²) in [6.45, 7) is 1.01. The van der Waals surface area contributed by atoms with Crippen molar-refractivity contribution in [1.82, 2.24) is 15.2 Å². The molecule has 11 heteroatoms. The van der Waals surface area contributed by atoms with Crippen LogP contribution in [0, 0.1) is 5.41 Å². The Balaban J connectivity index is 1.75. The molecule has 2 aromatic carbocycles. The molecule has 206 valence electrons. The van der Waals surface area contributed by atoms with Crippen molar-refractivity contribution in [3.05, 3.63) is 76.9 Å². The highest BCUT2D eigenvalue weighted by Crippen LogP contribution is 2.27. The number of ether oxygens (including phenoxy) is 1. The van der Waals surface area contributed by atoms with Crippen molar-refractivity contribution < 1.29 is 14.3 Å². The van der Waals surface area contributed by atoms with Crippen LogP contribution >= 0.6 is 11.6 Å². The molecule has 0 saturated heterocycles. The summed E-state index contributed by atoms with van der Waals surface area (Å²) in [4.78, 5) is 31.3. The molecule has 0 radical (unpaired) electrons. The van der Waals surface area contributed by atoms with Gasteiger partial charge in [0.25, 0.3) is 11.8 Å². The van der Waals surface area contributed by atoms with Crippen LogP contribution in [0.4, 0.5) is 17.2 Å². The van der Waals surface area contributed by atoms with Gasteiger partial charge in [0.05, 0.1) is 16.3 Å². The lowest BCUT2D eigenvalue weighted by Crippen LogP contribution is -2.29. The lowest BCUT2D eigenvalue weighted by molar-refractivity contribution is -0.123. The highest BCUT2D eigenvalue weighted by Gasteiger charge is 2.16. The van der Waals surface area contributed by atoms with Gasteiger partial charge >= 0.3 is 0 Å². The molecule has 3 rings (SSSR count). The number of pyridine rings is 1. The molecule has 10 nitrogen and oxygen atoms in total. The largest absolute Gasteiger partial charge is 0.484 e. The monoisotopic (exact) mass is 551 g/mol. The molecule has 0 aliphatic carbocycles. The van der Waals surface area contributed by atoms with Crippen molar-refractivity contribution in [3.63, 3.8) is 0 Å². The zero-order valence-corrected chi connectivity index (χ0v) is 22.8. The summed E-state index contributed by atoms with van der Waals surface area (Å²) < 4.78 is 5.67. The molecule has 2 amide bonds. The van der Waals surface area contributed by atoms with Crippen LogP contribution < -0.4 is 26.4 Å². The molecule has 0 bridgehead atoms. The third-order valence-corrected chi connectivity index (χ3v) is 5.89. The van der Waals surface area contributed by atoms with Crippen molar-refractivity contribution >= 4 is 46.4 Å². The molecule has 0 spiro atoms. The second-order valence-corrected chi connectivity index (χ2v) is 9.39. The van der Waals surface area contributed by atoms with Crippen LogP contribution in [0.15, 0.2) is 60.8 Å². The Morgan fingerprint density at radius 2 is 1.82 bits per heavy atom. The van der Waals surface area contributed by atoms with E-state index >= 15 is 0 Å². The standard InChI is InChI=1S/C28H34ClN7O3/c1-36(2)27(31)19-6-9-21(10-7-19)34-24-12-11-22(39-18-26(37)32-15-5-3-4-14-30)16-23(24)28(38)35-25-13-8-20(29)17-33-25/h6-13,16-17,31,34H,3-5,14-15,18,30H2,1-2H3,(H,32,37)(H,33,35,38). The highest BCUT2D eigenvalue weighted by atomic mass is 35.5. The Morgan fingerprint density at radius 3 is 2.49 bits per heavy atom. The third-order valence-electron chi connectivity index (χ3n) is 5.66. The smallest absolute Gasteiger partial charge is 0.259 e. The van der Waals surface area contributed by atoms with E-state index in [1.165, 1.54) is 6.20 Å². The number of carbonyl (C=O) groups excluding carboxylic acids is 2. The fourth-order valence-electron chi connectivity index (χ4n) is 3.54. The SMILES string of the molecule is CN(C)C(=N)c1ccc(Nc2ccc(OCC(=O)NCCCCCN)cc2C(=O)Nc2ccc(Cl)cn2)cc1. The number of amides is 2. The Bertz CT molecular complexity index is 1270. The minimum atomic E-state index is -0.423. The number of hydrogen-bond donors (Lipinski definition) is 5. The summed E-state index contributed by atoms with van der Waals surface area (Å²) in [5.74, 6) is 0.418. The first kappa shape index (κ1) is 29.4. The Kier molecular flexibility index (Phi) is 11.1. The molecular weight excluding hydrogens is 518 g/mol. The first-order chi connectivity index (χ1) is 18.8. The van der Waals surface area contributed by atoms with Crippen LogP contribution in [0.1, 0.15) is 35.2 Å². The minimum absolute atomic E-state index is 0.178. The van der Waals surface area contributed by atoms with E-state index in [4.69, 9.17) is 27.5 Å². The van der Waals surface area contributed by atoms with Crippen molar-refractivity contribution in [2.75, 3.05) is 44.4 Å². The maximum atomic E-state index is 13.2. The predicted molar refractivity (Wildman–Crippen MR) is 155 cm³/mol. The first-order valence-corrected chi connectivity index (χ1v) is 12.9. The molecule has 39 heavy (non-hydrogen) atoms. The van der Waals surface area contributed by atoms with Crippen molar-refractivity contribution in [3.8, 4) is 5.75 Å². The summed E-state index contributed by atoms with van der Waals surface area (Å²) in [6, 6.07) is 15.5. The molecule has 0 aliphatic heterocycles. The summed E-state index contributed by atoms with van der Waals surface area (Å²) in [7, 11) is 3.62. The number of benzene rings is 2. The average Bonchev–Trinajstić information content (AvgIpc) is 2.93. The number of rotatable bonds is 13. The van der Waals surface area contributed by atoms with E-state index in [2.05, 4.69) is 20.9 Å². The number of unbranched alkanes of at least 4 members (excludes halogenated alkanes) is 2. The van der Waals surface area contributed by atoms with Gasteiger partial charge in [-0.3, -0.25) is 15.0 Å². The fourth-order valence-corrected chi connectivity index (χ4v) is 3.65. The van der Waals surface area contributed by atoms with E-state index in [-0.39, 0.29) is 18.1 Å². The summed E-state index contributed by atoms with van der Waals surface area (Å²) in [6.07, 6.45) is 4.17. The lowest BCUT2D eigenvalue weighted by Gasteiger charge is -2.16.